The summed E-state index contributed by atoms with van der Waals surface area (Å²) in [5.74, 6) is -3.54. The van der Waals surface area contributed by atoms with E-state index in [1.54, 1.807) is 228 Å². The number of rotatable bonds is 25. The minimum Gasteiger partial charge on any atom is -0.463 e. The Balaban J connectivity index is 1.19. The van der Waals surface area contributed by atoms with Gasteiger partial charge in [-0.15, -0.1) is 4.99 Å². The molecule has 0 unspecified atom stereocenters. The summed E-state index contributed by atoms with van der Waals surface area (Å²) in [5.41, 5.74) is -3.08. The van der Waals surface area contributed by atoms with Crippen LogP contribution in [0.15, 0.2) is 157 Å². The maximum absolute atomic E-state index is 15.1. The molecule has 5 aromatic carbocycles. The monoisotopic (exact) mass is 1530 g/mol. The minimum absolute atomic E-state index is 0.0449. The van der Waals surface area contributed by atoms with Gasteiger partial charge in [-0.25, -0.2) is 33.6 Å². The quantitative estimate of drug-likeness (QED) is 0.00543. The molecule has 30 nitrogen and oxygen atoms in total. The van der Waals surface area contributed by atoms with Gasteiger partial charge >= 0.3 is 54.4 Å². The number of aliphatic imine (C=N–C) groups is 1. The number of esters is 3. The molecule has 0 aliphatic carbocycles. The fraction of sp³-hybridized carbons (Fsp3) is 0.463. The van der Waals surface area contributed by atoms with Crippen molar-refractivity contribution in [3.63, 3.8) is 0 Å². The Morgan fingerprint density at radius 1 is 0.518 bits per heavy atom. The van der Waals surface area contributed by atoms with Crippen LogP contribution in [0.2, 0.25) is 0 Å². The normalized spacial score (nSPS) is 19.5. The summed E-state index contributed by atoms with van der Waals surface area (Å²) in [4.78, 5) is 142. The molecular formula is C80H103N9O21. The van der Waals surface area contributed by atoms with Crippen LogP contribution in [-0.4, -0.2) is 181 Å². The van der Waals surface area contributed by atoms with E-state index in [1.165, 1.54) is 25.1 Å². The van der Waals surface area contributed by atoms with Gasteiger partial charge in [0.2, 0.25) is 18.2 Å². The first kappa shape index (κ1) is 86.0. The fourth-order valence-corrected chi connectivity index (χ4v) is 11.5. The topological polar surface area (TPSA) is 372 Å². The van der Waals surface area contributed by atoms with Crippen molar-refractivity contribution in [3.05, 3.63) is 179 Å². The Morgan fingerprint density at radius 2 is 1.05 bits per heavy atom. The fourth-order valence-electron chi connectivity index (χ4n) is 11.5. The maximum atomic E-state index is 15.1. The van der Waals surface area contributed by atoms with E-state index < -0.39 is 156 Å². The third-order valence-corrected chi connectivity index (χ3v) is 16.0. The largest absolute Gasteiger partial charge is 0.463 e. The predicted molar refractivity (Wildman–Crippen MR) is 404 cm³/mol. The Morgan fingerprint density at radius 3 is 1.59 bits per heavy atom. The lowest BCUT2D eigenvalue weighted by Crippen LogP contribution is -2.72. The SMILES string of the molecule is CC(=O)O[C@@H]1[C@@H](NC(=O)OC(c2ccccc2)(c2ccccc2)c2ccccc2)[C@H](NC(=O)N[C@H]2[C@@H](OC(=O)c3ccccc3)[C@@H](N/C(=N/C(=O)OC(C)(C)C)NC(=O)OC(C)(C)C)[C@@H](Oc3ccc(/C=C/C(=O)NCCCN(CCCCNC(=O)OC(C)(C)C)C(=O)OC(C)(C)C)cc3)O[C@@H]2C)OC[C@H]1OC(C)=O. The molecule has 2 aliphatic heterocycles. The second-order valence-corrected chi connectivity index (χ2v) is 29.9. The number of hydrogen-bond donors (Lipinski definition) is 7. The summed E-state index contributed by atoms with van der Waals surface area (Å²) in [7, 11) is 0. The van der Waals surface area contributed by atoms with E-state index in [0.29, 0.717) is 54.6 Å². The summed E-state index contributed by atoms with van der Waals surface area (Å²) in [6.45, 7) is 24.6. The van der Waals surface area contributed by atoms with Gasteiger partial charge in [0.15, 0.2) is 30.1 Å². The highest BCUT2D eigenvalue weighted by atomic mass is 16.7. The van der Waals surface area contributed by atoms with Crippen LogP contribution >= 0.6 is 0 Å². The van der Waals surface area contributed by atoms with Gasteiger partial charge in [-0.3, -0.25) is 19.7 Å². The highest BCUT2D eigenvalue weighted by Gasteiger charge is 2.52. The number of urea groups is 1. The van der Waals surface area contributed by atoms with Crippen LogP contribution in [0.25, 0.3) is 6.08 Å². The molecule has 5 aromatic rings. The molecule has 110 heavy (non-hydrogen) atoms. The number of hydrogen-bond acceptors (Lipinski definition) is 21. The zero-order chi connectivity index (χ0) is 80.6. The smallest absolute Gasteiger partial charge is 0.437 e. The van der Waals surface area contributed by atoms with E-state index in [-0.39, 0.29) is 24.4 Å². The van der Waals surface area contributed by atoms with Crippen molar-refractivity contribution < 1.29 is 100 Å². The van der Waals surface area contributed by atoms with Crippen LogP contribution < -0.4 is 42.0 Å². The van der Waals surface area contributed by atoms with Gasteiger partial charge in [0.25, 0.3) is 0 Å². The summed E-state index contributed by atoms with van der Waals surface area (Å²) < 4.78 is 66.1. The van der Waals surface area contributed by atoms with E-state index in [0.717, 1.165) is 13.8 Å². The summed E-state index contributed by atoms with van der Waals surface area (Å²) in [5, 5.41) is 19.3. The first-order valence-electron chi connectivity index (χ1n) is 36.2. The standard InChI is InChI=1S/C80H103N9O21/c1-50-61(84-70(94)86-66-62(64(103-52(3)91)59(49-100-66)102-51(2)90)85-72(96)109-80(55-33-22-17-23-34-55,56-35-24-18-25-36-56)57-37-26-19-27-38-57)65(105-67(93)54-31-20-16-21-32-54)63(83-69(87-73(97)107-77(7,8)9)88-74(98)108-78(10,11)12)68(101-50)104-58-42-39-53(40-43-58)41-44-60(92)81-46-30-48-89(75(99)110-79(13,14)15)47-29-28-45-82-71(95)106-76(4,5)6/h16-27,31-44,50,59,61-66,68H,28-30,45-49H2,1-15H3,(H,81,92)(H,82,95)(H,85,96)(H2,84,86,94)(H2,83,87,88,97,98)/b44-41+/t50-,59-,61-,62-,63-,64+,65-,66-,68-/m1/s1. The first-order chi connectivity index (χ1) is 51.8. The summed E-state index contributed by atoms with van der Waals surface area (Å²) in [6.07, 6.45) is -9.19. The Bertz CT molecular complexity index is 3880. The molecule has 8 amide bonds. The van der Waals surface area contributed by atoms with Gasteiger partial charge in [-0.1, -0.05) is 121 Å². The number of unbranched alkanes of at least 4 members (excludes halogenated alkanes) is 1. The van der Waals surface area contributed by atoms with E-state index in [9.17, 15) is 38.4 Å². The number of benzene rings is 5. The van der Waals surface area contributed by atoms with Crippen molar-refractivity contribution in [2.45, 2.75) is 206 Å². The van der Waals surface area contributed by atoms with E-state index in [1.807, 2.05) is 0 Å². The molecule has 0 bridgehead atoms. The molecule has 7 rings (SSSR count). The average Bonchev–Trinajstić information content (AvgIpc) is 0.755. The Kier molecular flexibility index (Phi) is 30.6. The van der Waals surface area contributed by atoms with Crippen LogP contribution in [0.1, 0.15) is 156 Å². The van der Waals surface area contributed by atoms with Crippen LogP contribution in [0, 0.1) is 0 Å². The second kappa shape index (κ2) is 39.2. The third kappa shape index (κ3) is 27.7. The Hall–Kier alpha value is -11.3. The number of carbonyl (C=O) groups excluding carboxylic acids is 10. The molecule has 0 aromatic heterocycles. The molecule has 0 radical (unpaired) electrons. The third-order valence-electron chi connectivity index (χ3n) is 16.0. The average molecular weight is 1530 g/mol. The number of guanidine groups is 1. The Labute approximate surface area is 641 Å². The predicted octanol–water partition coefficient (Wildman–Crippen LogP) is 10.8. The van der Waals surface area contributed by atoms with Crippen LogP contribution in [0.5, 0.6) is 5.75 Å². The van der Waals surface area contributed by atoms with Crippen LogP contribution in [0.4, 0.5) is 28.8 Å². The number of nitrogens with one attached hydrogen (secondary N) is 7. The molecule has 0 spiro atoms. The lowest BCUT2D eigenvalue weighted by Gasteiger charge is -2.46. The molecule has 2 aliphatic rings. The van der Waals surface area contributed by atoms with Crippen molar-refractivity contribution >= 4 is 72.3 Å². The van der Waals surface area contributed by atoms with Crippen molar-refractivity contribution in [1.82, 2.24) is 42.1 Å². The van der Waals surface area contributed by atoms with Gasteiger partial charge in [0, 0.05) is 62.8 Å². The lowest BCUT2D eigenvalue weighted by atomic mass is 9.80. The lowest BCUT2D eigenvalue weighted by molar-refractivity contribution is -0.199. The van der Waals surface area contributed by atoms with Gasteiger partial charge < -0.3 is 88.9 Å². The molecule has 2 fully saturated rings. The number of ether oxygens (including phenoxy) is 11. The minimum atomic E-state index is -1.67. The van der Waals surface area contributed by atoms with Crippen molar-refractivity contribution in [3.8, 4) is 5.75 Å². The molecule has 0 saturated carbocycles. The number of alkyl carbamates (subject to hydrolysis) is 3. The molecule has 7 N–H and O–H groups in total. The first-order valence-corrected chi connectivity index (χ1v) is 36.2. The van der Waals surface area contributed by atoms with Gasteiger partial charge in [0.1, 0.15) is 40.2 Å². The maximum Gasteiger partial charge on any atom is 0.437 e. The number of nitrogens with zero attached hydrogens (tertiary/aromatic N) is 2. The summed E-state index contributed by atoms with van der Waals surface area (Å²) >= 11 is 0. The molecular weight excluding hydrogens is 1420 g/mol. The van der Waals surface area contributed by atoms with E-state index in [4.69, 9.17) is 52.1 Å². The molecule has 2 heterocycles. The van der Waals surface area contributed by atoms with Crippen molar-refractivity contribution in [1.29, 1.82) is 0 Å². The van der Waals surface area contributed by atoms with Crippen LogP contribution in [0.3, 0.4) is 0 Å². The zero-order valence-electron chi connectivity index (χ0n) is 64.8. The van der Waals surface area contributed by atoms with Crippen LogP contribution in [-0.2, 0) is 67.4 Å². The molecule has 594 valence electrons. The zero-order valence-corrected chi connectivity index (χ0v) is 64.8. The van der Waals surface area contributed by atoms with E-state index in [2.05, 4.69) is 42.2 Å². The number of amides is 8. The summed E-state index contributed by atoms with van der Waals surface area (Å²) in [6, 6.07) is 35.1. The van der Waals surface area contributed by atoms with Crippen molar-refractivity contribution in [2.75, 3.05) is 32.8 Å². The second-order valence-electron chi connectivity index (χ2n) is 29.9. The van der Waals surface area contributed by atoms with Gasteiger partial charge in [-0.05, 0) is 145 Å². The highest BCUT2D eigenvalue weighted by Crippen LogP contribution is 2.41. The van der Waals surface area contributed by atoms with Crippen molar-refractivity contribution in [2.24, 2.45) is 4.99 Å². The highest BCUT2D eigenvalue weighted by molar-refractivity contribution is 5.99. The number of carbonyl (C=O) groups is 10. The van der Waals surface area contributed by atoms with Gasteiger partial charge in [0.05, 0.1) is 24.3 Å². The van der Waals surface area contributed by atoms with E-state index >= 15 is 9.59 Å². The van der Waals surface area contributed by atoms with Gasteiger partial charge in [-0.2, -0.15) is 0 Å². The molecule has 2 saturated heterocycles. The molecule has 30 heteroatoms. The molecule has 9 atom stereocenters.